The Balaban J connectivity index is 1.06. The van der Waals surface area contributed by atoms with E-state index >= 15 is 0 Å². The topological polar surface area (TPSA) is 69.9 Å². The van der Waals surface area contributed by atoms with Crippen LogP contribution in [0.2, 0.25) is 0 Å². The van der Waals surface area contributed by atoms with Crippen LogP contribution < -0.4 is 0 Å². The van der Waals surface area contributed by atoms with Crippen molar-refractivity contribution in [3.63, 3.8) is 0 Å². The summed E-state index contributed by atoms with van der Waals surface area (Å²) in [6, 6.07) is 68.1. The van der Waals surface area contributed by atoms with E-state index in [0.29, 0.717) is 23.1 Å². The lowest BCUT2D eigenvalue weighted by atomic mass is 10.0. The number of rotatable bonds is 4. The maximum atomic E-state index is 7.10. The van der Waals surface area contributed by atoms with Crippen molar-refractivity contribution >= 4 is 98.0 Å². The molecule has 292 valence electrons. The minimum absolute atomic E-state index is 0.516. The van der Waals surface area contributed by atoms with Crippen molar-refractivity contribution < 1.29 is 8.83 Å². The van der Waals surface area contributed by atoms with Gasteiger partial charge in [-0.1, -0.05) is 158 Å². The highest BCUT2D eigenvalue weighted by Gasteiger charge is 2.24. The van der Waals surface area contributed by atoms with Crippen LogP contribution in [0.5, 0.6) is 0 Å². The summed E-state index contributed by atoms with van der Waals surface area (Å²) in [5.41, 5.74) is 8.98. The number of hydrogen-bond donors (Lipinski definition) is 0. The lowest BCUT2D eigenvalue weighted by Crippen LogP contribution is -2.00. The summed E-state index contributed by atoms with van der Waals surface area (Å²) < 4.78 is 16.1. The van der Waals surface area contributed by atoms with E-state index in [9.17, 15) is 0 Å². The van der Waals surface area contributed by atoms with Gasteiger partial charge in [0.2, 0.25) is 0 Å². The van der Waals surface area contributed by atoms with Crippen molar-refractivity contribution in [1.29, 1.82) is 0 Å². The lowest BCUT2D eigenvalue weighted by molar-refractivity contribution is 0.669. The van der Waals surface area contributed by atoms with Crippen molar-refractivity contribution in [2.24, 2.45) is 0 Å². The molecule has 0 bridgehead atoms. The molecule has 6 nitrogen and oxygen atoms in total. The molecule has 0 unspecified atom stereocenters. The highest BCUT2D eigenvalue weighted by molar-refractivity contribution is 6.24. The van der Waals surface area contributed by atoms with Crippen LogP contribution in [0.4, 0.5) is 0 Å². The molecule has 10 aromatic carbocycles. The first kappa shape index (κ1) is 34.1. The van der Waals surface area contributed by atoms with Gasteiger partial charge >= 0.3 is 0 Å². The molecule has 0 atom stereocenters. The molecule has 0 spiro atoms. The first-order valence-electron chi connectivity index (χ1n) is 21.2. The third kappa shape index (κ3) is 4.97. The van der Waals surface area contributed by atoms with Crippen LogP contribution in [0, 0.1) is 0 Å². The zero-order valence-corrected chi connectivity index (χ0v) is 33.6. The average molecular weight is 805 g/mol. The molecule has 0 aliphatic heterocycles. The number of hydrogen-bond acceptors (Lipinski definition) is 5. The van der Waals surface area contributed by atoms with Crippen molar-refractivity contribution in [2.45, 2.75) is 0 Å². The summed E-state index contributed by atoms with van der Waals surface area (Å²) in [5, 5.41) is 13.4. The van der Waals surface area contributed by atoms with Crippen molar-refractivity contribution in [3.05, 3.63) is 194 Å². The maximum Gasteiger partial charge on any atom is 0.167 e. The Bertz CT molecular complexity index is 4220. The SMILES string of the molecule is c1ccc(-c2nc(-c3cccc4c3oc3ccccc34)nc(-c3cccc4c3oc3c5ccccc5c(-n5c6cc7ccccc7cc6c6ccc7ccccc7c65)cc43)n2)cc1. The van der Waals surface area contributed by atoms with Crippen molar-refractivity contribution in [3.8, 4) is 39.9 Å². The van der Waals surface area contributed by atoms with Gasteiger partial charge in [-0.15, -0.1) is 0 Å². The Morgan fingerprint density at radius 2 is 0.905 bits per heavy atom. The van der Waals surface area contributed by atoms with Gasteiger partial charge in [0.1, 0.15) is 22.3 Å². The molecule has 0 aliphatic rings. The predicted molar refractivity (Wildman–Crippen MR) is 258 cm³/mol. The fourth-order valence-electron chi connectivity index (χ4n) is 9.93. The van der Waals surface area contributed by atoms with E-state index in [1.54, 1.807) is 0 Å². The molecule has 0 N–H and O–H groups in total. The summed E-state index contributed by atoms with van der Waals surface area (Å²) in [4.78, 5) is 15.5. The second kappa shape index (κ2) is 12.9. The van der Waals surface area contributed by atoms with E-state index in [2.05, 4.69) is 132 Å². The van der Waals surface area contributed by atoms with E-state index < -0.39 is 0 Å². The number of furan rings is 2. The summed E-state index contributed by atoms with van der Waals surface area (Å²) in [6.07, 6.45) is 0. The molecule has 4 aromatic heterocycles. The average Bonchev–Trinajstić information content (AvgIpc) is 4.03. The van der Waals surface area contributed by atoms with E-state index in [4.69, 9.17) is 23.8 Å². The summed E-state index contributed by atoms with van der Waals surface area (Å²) >= 11 is 0. The van der Waals surface area contributed by atoms with Crippen LogP contribution in [0.25, 0.3) is 138 Å². The first-order chi connectivity index (χ1) is 31.2. The second-order valence-electron chi connectivity index (χ2n) is 16.3. The first-order valence-corrected chi connectivity index (χ1v) is 21.2. The molecular formula is C57H32N4O2. The van der Waals surface area contributed by atoms with E-state index in [-0.39, 0.29) is 0 Å². The molecule has 0 radical (unpaired) electrons. The Kier molecular flexibility index (Phi) is 7.02. The Morgan fingerprint density at radius 1 is 0.333 bits per heavy atom. The van der Waals surface area contributed by atoms with E-state index in [1.165, 1.54) is 37.8 Å². The third-order valence-corrected chi connectivity index (χ3v) is 12.8. The fraction of sp³-hybridized carbons (Fsp3) is 0. The Morgan fingerprint density at radius 3 is 1.68 bits per heavy atom. The van der Waals surface area contributed by atoms with Gasteiger partial charge in [0.25, 0.3) is 0 Å². The van der Waals surface area contributed by atoms with Gasteiger partial charge in [-0.2, -0.15) is 0 Å². The number of fused-ring (bicyclic) bond motifs is 14. The highest BCUT2D eigenvalue weighted by Crippen LogP contribution is 2.45. The predicted octanol–water partition coefficient (Wildman–Crippen LogP) is 15.2. The van der Waals surface area contributed by atoms with Crippen LogP contribution in [0.1, 0.15) is 0 Å². The molecule has 14 rings (SSSR count). The monoisotopic (exact) mass is 804 g/mol. The second-order valence-corrected chi connectivity index (χ2v) is 16.3. The van der Waals surface area contributed by atoms with Gasteiger partial charge in [0, 0.05) is 54.0 Å². The van der Waals surface area contributed by atoms with Gasteiger partial charge in [-0.3, -0.25) is 0 Å². The molecule has 0 saturated heterocycles. The number of para-hydroxylation sites is 3. The molecular weight excluding hydrogens is 773 g/mol. The van der Waals surface area contributed by atoms with E-state index in [0.717, 1.165) is 77.0 Å². The Hall–Kier alpha value is -8.61. The molecule has 4 heterocycles. The standard InChI is InChI=1S/C57H32N4O2/c1-2-15-34(16-3-1)55-58-56(44-25-12-23-42-39-21-10-11-27-50(39)62-52(42)44)60-57(59-55)45-26-13-24-43-47-32-49(38-20-8-9-22-41(38)54(47)63-53(43)45)61-48-31-36-18-5-4-17-35(36)30-46(48)40-29-28-33-14-6-7-19-37(33)51(40)61/h1-32H. The minimum atomic E-state index is 0.516. The molecule has 0 saturated carbocycles. The van der Waals surface area contributed by atoms with Gasteiger partial charge in [-0.25, -0.2) is 15.0 Å². The molecule has 14 aromatic rings. The fourth-order valence-corrected chi connectivity index (χ4v) is 9.93. The summed E-state index contributed by atoms with van der Waals surface area (Å²) in [6.45, 7) is 0. The zero-order chi connectivity index (χ0) is 41.2. The van der Waals surface area contributed by atoms with Crippen LogP contribution in [-0.2, 0) is 0 Å². The van der Waals surface area contributed by atoms with Crippen LogP contribution in [0.15, 0.2) is 203 Å². The quantitative estimate of drug-likeness (QED) is 0.177. The third-order valence-electron chi connectivity index (χ3n) is 12.8. The minimum Gasteiger partial charge on any atom is -0.455 e. The van der Waals surface area contributed by atoms with Gasteiger partial charge in [0.15, 0.2) is 17.5 Å². The van der Waals surface area contributed by atoms with Gasteiger partial charge < -0.3 is 13.4 Å². The molecule has 6 heteroatoms. The molecule has 0 fully saturated rings. The van der Waals surface area contributed by atoms with Crippen molar-refractivity contribution in [1.82, 2.24) is 19.5 Å². The number of benzene rings is 10. The molecule has 63 heavy (non-hydrogen) atoms. The molecule has 0 amide bonds. The van der Waals surface area contributed by atoms with Crippen molar-refractivity contribution in [2.75, 3.05) is 0 Å². The van der Waals surface area contributed by atoms with E-state index in [1.807, 2.05) is 66.7 Å². The number of aromatic nitrogens is 4. The smallest absolute Gasteiger partial charge is 0.167 e. The van der Waals surface area contributed by atoms with Gasteiger partial charge in [0.05, 0.1) is 27.8 Å². The largest absolute Gasteiger partial charge is 0.455 e. The summed E-state index contributed by atoms with van der Waals surface area (Å²) in [5.74, 6) is 1.60. The van der Waals surface area contributed by atoms with Crippen LogP contribution >= 0.6 is 0 Å². The van der Waals surface area contributed by atoms with Crippen LogP contribution in [0.3, 0.4) is 0 Å². The summed E-state index contributed by atoms with van der Waals surface area (Å²) in [7, 11) is 0. The normalized spacial score (nSPS) is 12.1. The maximum absolute atomic E-state index is 7.10. The van der Waals surface area contributed by atoms with Crippen LogP contribution in [-0.4, -0.2) is 19.5 Å². The van der Waals surface area contributed by atoms with Gasteiger partial charge in [-0.05, 0) is 52.6 Å². The molecule has 0 aliphatic carbocycles. The Labute approximate surface area is 358 Å². The zero-order valence-electron chi connectivity index (χ0n) is 33.6. The lowest BCUT2D eigenvalue weighted by Gasteiger charge is -2.14. The highest BCUT2D eigenvalue weighted by atomic mass is 16.3. The number of nitrogens with zero attached hydrogens (tertiary/aromatic N) is 4.